The highest BCUT2D eigenvalue weighted by Crippen LogP contribution is 2.35. The second-order valence-electron chi connectivity index (χ2n) is 5.74. The molecule has 0 spiro atoms. The van der Waals surface area contributed by atoms with Crippen LogP contribution >= 0.6 is 0 Å². The molecular weight excluding hydrogens is 216 g/mol. The topological polar surface area (TPSA) is 47.3 Å². The summed E-state index contributed by atoms with van der Waals surface area (Å²) < 4.78 is 6.89. The third-order valence-corrected chi connectivity index (χ3v) is 3.54. The summed E-state index contributed by atoms with van der Waals surface area (Å²) >= 11 is 0. The van der Waals surface area contributed by atoms with Gasteiger partial charge in [-0.15, -0.1) is 0 Å². The minimum Gasteiger partial charge on any atom is -0.493 e. The Morgan fingerprint density at radius 3 is 2.53 bits per heavy atom. The maximum atomic E-state index is 10.3. The van der Waals surface area contributed by atoms with E-state index >= 15 is 0 Å². The summed E-state index contributed by atoms with van der Waals surface area (Å²) in [5.74, 6) is 1.07. The van der Waals surface area contributed by atoms with Gasteiger partial charge in [-0.3, -0.25) is 4.68 Å². The minimum absolute atomic E-state index is 0.187. The first-order chi connectivity index (χ1) is 7.77. The van der Waals surface area contributed by atoms with E-state index in [0.717, 1.165) is 5.69 Å². The molecule has 0 saturated heterocycles. The lowest BCUT2D eigenvalue weighted by Gasteiger charge is -2.29. The Morgan fingerprint density at radius 2 is 2.06 bits per heavy atom. The molecule has 0 fully saturated rings. The first-order valence-corrected chi connectivity index (χ1v) is 6.01. The highest BCUT2D eigenvalue weighted by Gasteiger charge is 2.26. The molecule has 4 heteroatoms. The van der Waals surface area contributed by atoms with Crippen molar-refractivity contribution in [1.82, 2.24) is 9.78 Å². The molecule has 1 rings (SSSR count). The van der Waals surface area contributed by atoms with Crippen LogP contribution in [0, 0.1) is 11.3 Å². The van der Waals surface area contributed by atoms with Gasteiger partial charge in [0.2, 0.25) is 0 Å². The quantitative estimate of drug-likeness (QED) is 0.879. The molecule has 1 aromatic heterocycles. The lowest BCUT2D eigenvalue weighted by Crippen LogP contribution is -2.21. The SMILES string of the molecule is COc1cnn(C)c1C(O)CC(C)C(C)(C)C. The van der Waals surface area contributed by atoms with Crippen molar-refractivity contribution >= 4 is 0 Å². The van der Waals surface area contributed by atoms with E-state index in [2.05, 4.69) is 32.8 Å². The standard InChI is InChI=1S/C13H24N2O2/c1-9(13(2,3)4)7-10(16)12-11(17-6)8-14-15(12)5/h8-10,16H,7H2,1-6H3. The Labute approximate surface area is 104 Å². The average molecular weight is 240 g/mol. The number of aliphatic hydroxyl groups is 1. The number of aryl methyl sites for hydroxylation is 1. The number of hydrogen-bond donors (Lipinski definition) is 1. The Balaban J connectivity index is 2.83. The van der Waals surface area contributed by atoms with Crippen molar-refractivity contribution in [2.75, 3.05) is 7.11 Å². The van der Waals surface area contributed by atoms with Crippen molar-refractivity contribution < 1.29 is 9.84 Å². The number of rotatable bonds is 4. The van der Waals surface area contributed by atoms with Gasteiger partial charge in [0.25, 0.3) is 0 Å². The fraction of sp³-hybridized carbons (Fsp3) is 0.769. The average Bonchev–Trinajstić information content (AvgIpc) is 2.57. The van der Waals surface area contributed by atoms with Crippen LogP contribution in [0.2, 0.25) is 0 Å². The van der Waals surface area contributed by atoms with Crippen LogP contribution in [0.3, 0.4) is 0 Å². The Kier molecular flexibility index (Phi) is 4.20. The smallest absolute Gasteiger partial charge is 0.162 e. The van der Waals surface area contributed by atoms with Crippen molar-refractivity contribution in [2.45, 2.75) is 40.2 Å². The number of aromatic nitrogens is 2. The molecule has 1 heterocycles. The molecule has 0 amide bonds. The third kappa shape index (κ3) is 3.22. The van der Waals surface area contributed by atoms with Gasteiger partial charge in [-0.2, -0.15) is 5.10 Å². The van der Waals surface area contributed by atoms with Crippen molar-refractivity contribution in [2.24, 2.45) is 18.4 Å². The van der Waals surface area contributed by atoms with Gasteiger partial charge in [0.1, 0.15) is 5.69 Å². The maximum absolute atomic E-state index is 10.3. The van der Waals surface area contributed by atoms with E-state index in [1.54, 1.807) is 18.0 Å². The molecule has 17 heavy (non-hydrogen) atoms. The Bertz CT molecular complexity index is 366. The highest BCUT2D eigenvalue weighted by atomic mass is 16.5. The first kappa shape index (κ1) is 14.0. The van der Waals surface area contributed by atoms with Crippen molar-refractivity contribution in [3.05, 3.63) is 11.9 Å². The normalized spacial score (nSPS) is 15.7. The van der Waals surface area contributed by atoms with Crippen molar-refractivity contribution in [3.63, 3.8) is 0 Å². The zero-order valence-electron chi connectivity index (χ0n) is 11.7. The third-order valence-electron chi connectivity index (χ3n) is 3.54. The van der Waals surface area contributed by atoms with Crippen LogP contribution in [0.4, 0.5) is 0 Å². The minimum atomic E-state index is -0.535. The monoisotopic (exact) mass is 240 g/mol. The van der Waals surface area contributed by atoms with Crippen LogP contribution in [-0.4, -0.2) is 22.0 Å². The predicted molar refractivity (Wildman–Crippen MR) is 68.0 cm³/mol. The largest absolute Gasteiger partial charge is 0.493 e. The second kappa shape index (κ2) is 5.08. The molecule has 1 aromatic rings. The summed E-state index contributed by atoms with van der Waals surface area (Å²) in [5.41, 5.74) is 0.941. The van der Waals surface area contributed by atoms with Crippen LogP contribution in [0.1, 0.15) is 45.9 Å². The van der Waals surface area contributed by atoms with Crippen molar-refractivity contribution in [3.8, 4) is 5.75 Å². The molecule has 0 saturated carbocycles. The molecule has 1 N–H and O–H groups in total. The molecule has 0 aliphatic carbocycles. The summed E-state index contributed by atoms with van der Waals surface area (Å²) in [5, 5.41) is 14.4. The summed E-state index contributed by atoms with van der Waals surface area (Å²) in [7, 11) is 3.42. The van der Waals surface area contributed by atoms with E-state index in [9.17, 15) is 5.11 Å². The molecule has 2 unspecified atom stereocenters. The number of methoxy groups -OCH3 is 1. The van der Waals surface area contributed by atoms with E-state index in [0.29, 0.717) is 18.1 Å². The number of nitrogens with zero attached hydrogens (tertiary/aromatic N) is 2. The lowest BCUT2D eigenvalue weighted by atomic mass is 9.78. The molecule has 2 atom stereocenters. The van der Waals surface area contributed by atoms with Crippen LogP contribution in [0.25, 0.3) is 0 Å². The van der Waals surface area contributed by atoms with Gasteiger partial charge in [-0.1, -0.05) is 27.7 Å². The highest BCUT2D eigenvalue weighted by molar-refractivity contribution is 5.27. The molecule has 0 bridgehead atoms. The second-order valence-corrected chi connectivity index (χ2v) is 5.74. The zero-order valence-corrected chi connectivity index (χ0v) is 11.7. The predicted octanol–water partition coefficient (Wildman–Crippen LogP) is 2.53. The van der Waals surface area contributed by atoms with Crippen LogP contribution < -0.4 is 4.74 Å². The number of aliphatic hydroxyl groups excluding tert-OH is 1. The molecule has 0 aliphatic heterocycles. The van der Waals surface area contributed by atoms with E-state index in [-0.39, 0.29) is 5.41 Å². The molecule has 0 aromatic carbocycles. The van der Waals surface area contributed by atoms with Gasteiger partial charge in [0.05, 0.1) is 19.4 Å². The summed E-state index contributed by atoms with van der Waals surface area (Å²) in [4.78, 5) is 0. The summed E-state index contributed by atoms with van der Waals surface area (Å²) in [6, 6.07) is 0. The van der Waals surface area contributed by atoms with Gasteiger partial charge in [-0.25, -0.2) is 0 Å². The zero-order chi connectivity index (χ0) is 13.2. The number of hydrogen-bond acceptors (Lipinski definition) is 3. The van der Waals surface area contributed by atoms with Crippen LogP contribution in [0.15, 0.2) is 6.20 Å². The van der Waals surface area contributed by atoms with Gasteiger partial charge in [-0.05, 0) is 17.8 Å². The molecule has 0 aliphatic rings. The summed E-state index contributed by atoms with van der Waals surface area (Å²) in [6.45, 7) is 8.71. The van der Waals surface area contributed by atoms with Gasteiger partial charge >= 0.3 is 0 Å². The van der Waals surface area contributed by atoms with Gasteiger partial charge in [0.15, 0.2) is 5.75 Å². The lowest BCUT2D eigenvalue weighted by molar-refractivity contribution is 0.102. The number of ether oxygens (including phenoxy) is 1. The summed E-state index contributed by atoms with van der Waals surface area (Å²) in [6.07, 6.45) is 1.81. The molecule has 0 radical (unpaired) electrons. The van der Waals surface area contributed by atoms with Gasteiger partial charge in [0, 0.05) is 7.05 Å². The fourth-order valence-electron chi connectivity index (χ4n) is 1.76. The fourth-order valence-corrected chi connectivity index (χ4v) is 1.76. The molecular formula is C13H24N2O2. The van der Waals surface area contributed by atoms with E-state index in [1.807, 2.05) is 7.05 Å². The van der Waals surface area contributed by atoms with Gasteiger partial charge < -0.3 is 9.84 Å². The maximum Gasteiger partial charge on any atom is 0.162 e. The van der Waals surface area contributed by atoms with Crippen LogP contribution in [-0.2, 0) is 7.05 Å². The molecule has 98 valence electrons. The first-order valence-electron chi connectivity index (χ1n) is 6.01. The van der Waals surface area contributed by atoms with Crippen LogP contribution in [0.5, 0.6) is 5.75 Å². The Hall–Kier alpha value is -1.03. The van der Waals surface area contributed by atoms with E-state index < -0.39 is 6.10 Å². The van der Waals surface area contributed by atoms with Crippen molar-refractivity contribution in [1.29, 1.82) is 0 Å². The Morgan fingerprint density at radius 1 is 1.47 bits per heavy atom. The molecule has 4 nitrogen and oxygen atoms in total. The van der Waals surface area contributed by atoms with E-state index in [4.69, 9.17) is 4.74 Å². The van der Waals surface area contributed by atoms with E-state index in [1.165, 1.54) is 0 Å².